The Morgan fingerprint density at radius 3 is 2.35 bits per heavy atom. The Morgan fingerprint density at radius 1 is 1.15 bits per heavy atom. The van der Waals surface area contributed by atoms with E-state index in [0.29, 0.717) is 0 Å². The van der Waals surface area contributed by atoms with Gasteiger partial charge < -0.3 is 19.5 Å². The van der Waals surface area contributed by atoms with Crippen LogP contribution in [0, 0.1) is 0 Å². The highest BCUT2D eigenvalue weighted by atomic mass is 16.5. The second-order valence-electron chi connectivity index (χ2n) is 5.30. The predicted molar refractivity (Wildman–Crippen MR) is 81.7 cm³/mol. The molecule has 0 bridgehead atoms. The van der Waals surface area contributed by atoms with E-state index in [9.17, 15) is 0 Å². The highest BCUT2D eigenvalue weighted by Gasteiger charge is 2.32. The summed E-state index contributed by atoms with van der Waals surface area (Å²) in [5, 5.41) is 3.54. The smallest absolute Gasteiger partial charge is 0.127 e. The van der Waals surface area contributed by atoms with Crippen LogP contribution in [0.1, 0.15) is 38.8 Å². The van der Waals surface area contributed by atoms with Gasteiger partial charge in [-0.15, -0.1) is 0 Å². The zero-order valence-corrected chi connectivity index (χ0v) is 13.4. The number of hydrogen-bond acceptors (Lipinski definition) is 4. The first-order chi connectivity index (χ1) is 9.50. The van der Waals surface area contributed by atoms with Gasteiger partial charge >= 0.3 is 0 Å². The fourth-order valence-electron chi connectivity index (χ4n) is 2.19. The van der Waals surface area contributed by atoms with Crippen molar-refractivity contribution >= 4 is 0 Å². The van der Waals surface area contributed by atoms with Crippen molar-refractivity contribution in [2.75, 3.05) is 27.9 Å². The molecular weight excluding hydrogens is 254 g/mol. The van der Waals surface area contributed by atoms with Crippen LogP contribution < -0.4 is 14.8 Å². The van der Waals surface area contributed by atoms with Gasteiger partial charge in [0.2, 0.25) is 0 Å². The summed E-state index contributed by atoms with van der Waals surface area (Å²) in [5.41, 5.74) is 0.741. The van der Waals surface area contributed by atoms with E-state index < -0.39 is 0 Å². The van der Waals surface area contributed by atoms with E-state index in [0.717, 1.165) is 30.0 Å². The Labute approximate surface area is 122 Å². The fraction of sp³-hybridized carbons (Fsp3) is 0.625. The number of benzene rings is 1. The largest absolute Gasteiger partial charge is 0.497 e. The van der Waals surface area contributed by atoms with Gasteiger partial charge in [-0.3, -0.25) is 0 Å². The SMILES string of the molecule is CCCNC(c1ccc(OC)cc1OC)C(C)(C)OC. The van der Waals surface area contributed by atoms with Crippen LogP contribution in [-0.2, 0) is 4.74 Å². The van der Waals surface area contributed by atoms with E-state index in [1.165, 1.54) is 0 Å². The summed E-state index contributed by atoms with van der Waals surface area (Å²) in [6.07, 6.45) is 1.06. The molecule has 0 aromatic heterocycles. The number of nitrogens with one attached hydrogen (secondary N) is 1. The zero-order chi connectivity index (χ0) is 15.2. The zero-order valence-electron chi connectivity index (χ0n) is 13.4. The van der Waals surface area contributed by atoms with Crippen molar-refractivity contribution in [3.05, 3.63) is 23.8 Å². The number of rotatable bonds is 8. The van der Waals surface area contributed by atoms with Crippen molar-refractivity contribution in [2.45, 2.75) is 38.8 Å². The number of hydrogen-bond donors (Lipinski definition) is 1. The van der Waals surface area contributed by atoms with Crippen molar-refractivity contribution in [3.8, 4) is 11.5 Å². The number of methoxy groups -OCH3 is 3. The van der Waals surface area contributed by atoms with Gasteiger partial charge in [0.15, 0.2) is 0 Å². The van der Waals surface area contributed by atoms with E-state index in [1.54, 1.807) is 21.3 Å². The summed E-state index contributed by atoms with van der Waals surface area (Å²) in [6, 6.07) is 5.94. The van der Waals surface area contributed by atoms with Crippen LogP contribution in [0.15, 0.2) is 18.2 Å². The molecule has 1 unspecified atom stereocenters. The normalized spacial score (nSPS) is 13.1. The lowest BCUT2D eigenvalue weighted by Gasteiger charge is -2.35. The van der Waals surface area contributed by atoms with Crippen molar-refractivity contribution in [3.63, 3.8) is 0 Å². The van der Waals surface area contributed by atoms with Gasteiger partial charge in [-0.2, -0.15) is 0 Å². The van der Waals surface area contributed by atoms with Gasteiger partial charge in [-0.1, -0.05) is 6.92 Å². The minimum Gasteiger partial charge on any atom is -0.497 e. The van der Waals surface area contributed by atoms with Crippen LogP contribution in [0.5, 0.6) is 11.5 Å². The van der Waals surface area contributed by atoms with Crippen LogP contribution >= 0.6 is 0 Å². The number of ether oxygens (including phenoxy) is 3. The van der Waals surface area contributed by atoms with Crippen LogP contribution in [-0.4, -0.2) is 33.5 Å². The first-order valence-electron chi connectivity index (χ1n) is 7.00. The van der Waals surface area contributed by atoms with E-state index in [-0.39, 0.29) is 11.6 Å². The molecule has 0 aliphatic rings. The standard InChI is InChI=1S/C16H27NO3/c1-7-10-17-15(16(2,3)20-6)13-9-8-12(18-4)11-14(13)19-5/h8-9,11,15,17H,7,10H2,1-6H3. The van der Waals surface area contributed by atoms with Crippen molar-refractivity contribution in [2.24, 2.45) is 0 Å². The third-order valence-electron chi connectivity index (χ3n) is 3.57. The molecule has 0 spiro atoms. The molecule has 0 saturated heterocycles. The Hall–Kier alpha value is -1.26. The molecule has 4 heteroatoms. The monoisotopic (exact) mass is 281 g/mol. The molecule has 1 aromatic rings. The van der Waals surface area contributed by atoms with E-state index in [2.05, 4.69) is 26.1 Å². The van der Waals surface area contributed by atoms with Gasteiger partial charge in [0.25, 0.3) is 0 Å². The summed E-state index contributed by atoms with van der Waals surface area (Å²) >= 11 is 0. The highest BCUT2D eigenvalue weighted by molar-refractivity contribution is 5.43. The summed E-state index contributed by atoms with van der Waals surface area (Å²) in [6.45, 7) is 7.22. The Kier molecular flexibility index (Phi) is 6.30. The molecular formula is C16H27NO3. The first-order valence-corrected chi connectivity index (χ1v) is 7.00. The molecule has 1 atom stereocenters. The van der Waals surface area contributed by atoms with Gasteiger partial charge in [0.05, 0.1) is 25.9 Å². The van der Waals surface area contributed by atoms with Crippen LogP contribution in [0.3, 0.4) is 0 Å². The molecule has 20 heavy (non-hydrogen) atoms. The highest BCUT2D eigenvalue weighted by Crippen LogP contribution is 2.36. The molecule has 0 amide bonds. The van der Waals surface area contributed by atoms with Gasteiger partial charge in [-0.05, 0) is 38.9 Å². The van der Waals surface area contributed by atoms with Gasteiger partial charge in [0.1, 0.15) is 11.5 Å². The summed E-state index contributed by atoms with van der Waals surface area (Å²) in [7, 11) is 5.06. The molecule has 114 valence electrons. The van der Waals surface area contributed by atoms with Crippen LogP contribution in [0.2, 0.25) is 0 Å². The lowest BCUT2D eigenvalue weighted by molar-refractivity contribution is -0.0116. The lowest BCUT2D eigenvalue weighted by atomic mass is 9.90. The predicted octanol–water partition coefficient (Wildman–Crippen LogP) is 3.17. The molecule has 0 heterocycles. The molecule has 1 N–H and O–H groups in total. The second-order valence-corrected chi connectivity index (χ2v) is 5.30. The van der Waals surface area contributed by atoms with Crippen molar-refractivity contribution < 1.29 is 14.2 Å². The van der Waals surface area contributed by atoms with Crippen LogP contribution in [0.4, 0.5) is 0 Å². The van der Waals surface area contributed by atoms with E-state index in [1.807, 2.05) is 18.2 Å². The van der Waals surface area contributed by atoms with Gasteiger partial charge in [0, 0.05) is 18.7 Å². The molecule has 0 saturated carbocycles. The molecule has 1 aromatic carbocycles. The Bertz CT molecular complexity index is 418. The average Bonchev–Trinajstić information content (AvgIpc) is 2.47. The quantitative estimate of drug-likeness (QED) is 0.794. The molecule has 1 rings (SSSR count). The van der Waals surface area contributed by atoms with Crippen molar-refractivity contribution in [1.29, 1.82) is 0 Å². The lowest BCUT2D eigenvalue weighted by Crippen LogP contribution is -2.41. The molecule has 0 aliphatic carbocycles. The van der Waals surface area contributed by atoms with E-state index in [4.69, 9.17) is 14.2 Å². The summed E-state index contributed by atoms with van der Waals surface area (Å²) in [5.74, 6) is 1.60. The summed E-state index contributed by atoms with van der Waals surface area (Å²) < 4.78 is 16.4. The topological polar surface area (TPSA) is 39.7 Å². The Morgan fingerprint density at radius 2 is 1.85 bits per heavy atom. The molecule has 0 fully saturated rings. The molecule has 4 nitrogen and oxygen atoms in total. The average molecular weight is 281 g/mol. The summed E-state index contributed by atoms with van der Waals surface area (Å²) in [4.78, 5) is 0. The second kappa shape index (κ2) is 7.50. The van der Waals surface area contributed by atoms with Gasteiger partial charge in [-0.25, -0.2) is 0 Å². The maximum Gasteiger partial charge on any atom is 0.127 e. The van der Waals surface area contributed by atoms with E-state index >= 15 is 0 Å². The molecule has 0 radical (unpaired) electrons. The molecule has 0 aliphatic heterocycles. The van der Waals surface area contributed by atoms with Crippen molar-refractivity contribution in [1.82, 2.24) is 5.32 Å². The Balaban J connectivity index is 3.18. The minimum atomic E-state index is -0.336. The maximum atomic E-state index is 5.66. The maximum absolute atomic E-state index is 5.66. The fourth-order valence-corrected chi connectivity index (χ4v) is 2.19. The minimum absolute atomic E-state index is 0.0494. The third kappa shape index (κ3) is 3.87. The third-order valence-corrected chi connectivity index (χ3v) is 3.57. The first kappa shape index (κ1) is 16.8. The van der Waals surface area contributed by atoms with Crippen LogP contribution in [0.25, 0.3) is 0 Å².